The summed E-state index contributed by atoms with van der Waals surface area (Å²) in [7, 11) is 0. The molecule has 2 rings (SSSR count). The zero-order valence-corrected chi connectivity index (χ0v) is 11.1. The van der Waals surface area contributed by atoms with Crippen molar-refractivity contribution in [3.05, 3.63) is 46.1 Å². The largest absolute Gasteiger partial charge is 0.396 e. The minimum Gasteiger partial charge on any atom is -0.396 e. The SMILES string of the molecule is Cc1ccc(F)c(Nc2ncc(Br)cc2N)c1F. The molecule has 0 unspecified atom stereocenters. The third kappa shape index (κ3) is 2.43. The lowest BCUT2D eigenvalue weighted by molar-refractivity contribution is 0.585. The van der Waals surface area contributed by atoms with E-state index in [1.807, 2.05) is 0 Å². The molecule has 0 radical (unpaired) electrons. The molecule has 0 bridgehead atoms. The number of rotatable bonds is 2. The Morgan fingerprint density at radius 2 is 2.06 bits per heavy atom. The summed E-state index contributed by atoms with van der Waals surface area (Å²) in [5.74, 6) is -1.14. The number of hydrogen-bond acceptors (Lipinski definition) is 3. The number of nitrogens with two attached hydrogens (primary N) is 1. The Bertz CT molecular complexity index is 602. The number of hydrogen-bond donors (Lipinski definition) is 2. The Morgan fingerprint density at radius 1 is 1.33 bits per heavy atom. The molecule has 1 aromatic carbocycles. The number of halogens is 3. The number of nitrogens with zero attached hydrogens (tertiary/aromatic N) is 1. The van der Waals surface area contributed by atoms with Gasteiger partial charge in [0.15, 0.2) is 11.6 Å². The first-order valence-corrected chi connectivity index (χ1v) is 5.91. The topological polar surface area (TPSA) is 50.9 Å². The molecule has 0 aliphatic carbocycles. The lowest BCUT2D eigenvalue weighted by Crippen LogP contribution is -2.03. The van der Waals surface area contributed by atoms with Crippen LogP contribution in [0.1, 0.15) is 5.56 Å². The third-order valence-corrected chi connectivity index (χ3v) is 2.85. The number of anilines is 3. The van der Waals surface area contributed by atoms with Crippen LogP contribution < -0.4 is 11.1 Å². The van der Waals surface area contributed by atoms with E-state index in [4.69, 9.17) is 5.73 Å². The van der Waals surface area contributed by atoms with Crippen LogP contribution >= 0.6 is 15.9 Å². The Hall–Kier alpha value is -1.69. The maximum absolute atomic E-state index is 13.8. The third-order valence-electron chi connectivity index (χ3n) is 2.41. The molecule has 0 aliphatic heterocycles. The van der Waals surface area contributed by atoms with Gasteiger partial charge in [0, 0.05) is 10.7 Å². The molecule has 6 heteroatoms. The summed E-state index contributed by atoms with van der Waals surface area (Å²) in [5, 5.41) is 2.57. The molecule has 18 heavy (non-hydrogen) atoms. The zero-order valence-electron chi connectivity index (χ0n) is 9.47. The quantitative estimate of drug-likeness (QED) is 0.887. The van der Waals surface area contributed by atoms with Crippen LogP contribution in [0.3, 0.4) is 0 Å². The lowest BCUT2D eigenvalue weighted by atomic mass is 10.2. The maximum Gasteiger partial charge on any atom is 0.153 e. The van der Waals surface area contributed by atoms with Gasteiger partial charge in [0.25, 0.3) is 0 Å². The van der Waals surface area contributed by atoms with Gasteiger partial charge in [-0.2, -0.15) is 0 Å². The van der Waals surface area contributed by atoms with Crippen LogP contribution in [-0.2, 0) is 0 Å². The number of nitrogens with one attached hydrogen (secondary N) is 1. The van der Waals surface area contributed by atoms with Crippen molar-refractivity contribution in [2.45, 2.75) is 6.92 Å². The molecule has 3 nitrogen and oxygen atoms in total. The van der Waals surface area contributed by atoms with Gasteiger partial charge in [-0.15, -0.1) is 0 Å². The van der Waals surface area contributed by atoms with E-state index in [2.05, 4.69) is 26.2 Å². The standard InChI is InChI=1S/C12H10BrF2N3/c1-6-2-3-8(14)11(10(6)15)18-12-9(16)4-7(13)5-17-12/h2-5H,16H2,1H3,(H,17,18). The highest BCUT2D eigenvalue weighted by Crippen LogP contribution is 2.28. The van der Waals surface area contributed by atoms with Crippen LogP contribution in [0.2, 0.25) is 0 Å². The first-order chi connectivity index (χ1) is 8.49. The molecule has 94 valence electrons. The molecule has 3 N–H and O–H groups in total. The van der Waals surface area contributed by atoms with Gasteiger partial charge in [0.2, 0.25) is 0 Å². The number of benzene rings is 1. The second-order valence-corrected chi connectivity index (χ2v) is 4.69. The molecule has 0 saturated heterocycles. The average Bonchev–Trinajstić information content (AvgIpc) is 2.32. The van der Waals surface area contributed by atoms with Gasteiger partial charge in [-0.05, 0) is 40.5 Å². The first-order valence-electron chi connectivity index (χ1n) is 5.11. The predicted molar refractivity (Wildman–Crippen MR) is 70.7 cm³/mol. The fourth-order valence-corrected chi connectivity index (χ4v) is 1.80. The Balaban J connectivity index is 2.43. The predicted octanol–water partition coefficient (Wildman–Crippen LogP) is 3.76. The summed E-state index contributed by atoms with van der Waals surface area (Å²) in [4.78, 5) is 3.97. The Morgan fingerprint density at radius 3 is 2.72 bits per heavy atom. The molecule has 0 fully saturated rings. The highest BCUT2D eigenvalue weighted by Gasteiger charge is 2.13. The number of nitrogen functional groups attached to an aromatic ring is 1. The monoisotopic (exact) mass is 313 g/mol. The van der Waals surface area contributed by atoms with Crippen molar-refractivity contribution in [1.29, 1.82) is 0 Å². The van der Waals surface area contributed by atoms with Gasteiger partial charge in [0.05, 0.1) is 5.69 Å². The Kier molecular flexibility index (Phi) is 3.47. The molecule has 0 atom stereocenters. The highest BCUT2D eigenvalue weighted by atomic mass is 79.9. The van der Waals surface area contributed by atoms with Gasteiger partial charge in [-0.3, -0.25) is 0 Å². The summed E-state index contributed by atoms with van der Waals surface area (Å²) in [6.45, 7) is 1.55. The minimum atomic E-state index is -0.692. The normalized spacial score (nSPS) is 10.4. The molecule has 1 aromatic heterocycles. The van der Waals surface area contributed by atoms with E-state index in [9.17, 15) is 8.78 Å². The zero-order chi connectivity index (χ0) is 13.3. The van der Waals surface area contributed by atoms with Gasteiger partial charge in [0.1, 0.15) is 11.5 Å². The Labute approximate surface area is 111 Å². The van der Waals surface area contributed by atoms with E-state index in [0.717, 1.165) is 0 Å². The molecule has 0 aliphatic rings. The molecular formula is C12H10BrF2N3. The molecule has 0 amide bonds. The van der Waals surface area contributed by atoms with Crippen molar-refractivity contribution in [2.24, 2.45) is 0 Å². The van der Waals surface area contributed by atoms with Crippen molar-refractivity contribution in [3.63, 3.8) is 0 Å². The first kappa shape index (κ1) is 12.8. The fraction of sp³-hybridized carbons (Fsp3) is 0.0833. The molecule has 2 aromatic rings. The molecular weight excluding hydrogens is 304 g/mol. The smallest absolute Gasteiger partial charge is 0.153 e. The van der Waals surface area contributed by atoms with Gasteiger partial charge in [-0.25, -0.2) is 13.8 Å². The van der Waals surface area contributed by atoms with Gasteiger partial charge < -0.3 is 11.1 Å². The van der Waals surface area contributed by atoms with Crippen molar-refractivity contribution in [2.75, 3.05) is 11.1 Å². The van der Waals surface area contributed by atoms with E-state index in [0.29, 0.717) is 15.7 Å². The maximum atomic E-state index is 13.8. The van der Waals surface area contributed by atoms with E-state index < -0.39 is 11.6 Å². The van der Waals surface area contributed by atoms with Crippen LogP contribution in [-0.4, -0.2) is 4.98 Å². The average molecular weight is 314 g/mol. The lowest BCUT2D eigenvalue weighted by Gasteiger charge is -2.11. The second-order valence-electron chi connectivity index (χ2n) is 3.77. The van der Waals surface area contributed by atoms with Crippen LogP contribution in [0, 0.1) is 18.6 Å². The van der Waals surface area contributed by atoms with E-state index in [-0.39, 0.29) is 11.5 Å². The van der Waals surface area contributed by atoms with Crippen molar-refractivity contribution in [1.82, 2.24) is 4.98 Å². The highest BCUT2D eigenvalue weighted by molar-refractivity contribution is 9.10. The fourth-order valence-electron chi connectivity index (χ4n) is 1.45. The van der Waals surface area contributed by atoms with Crippen LogP contribution in [0.4, 0.5) is 26.0 Å². The molecule has 1 heterocycles. The number of aryl methyl sites for hydroxylation is 1. The second kappa shape index (κ2) is 4.89. The summed E-state index contributed by atoms with van der Waals surface area (Å²) in [6.07, 6.45) is 1.49. The summed E-state index contributed by atoms with van der Waals surface area (Å²) >= 11 is 3.20. The summed E-state index contributed by atoms with van der Waals surface area (Å²) in [5.41, 5.74) is 6.09. The van der Waals surface area contributed by atoms with Crippen LogP contribution in [0.5, 0.6) is 0 Å². The molecule has 0 saturated carbocycles. The summed E-state index contributed by atoms with van der Waals surface area (Å²) in [6, 6.07) is 4.16. The summed E-state index contributed by atoms with van der Waals surface area (Å²) < 4.78 is 28.0. The van der Waals surface area contributed by atoms with Crippen LogP contribution in [0.25, 0.3) is 0 Å². The van der Waals surface area contributed by atoms with Crippen molar-refractivity contribution >= 4 is 33.1 Å². The number of pyridine rings is 1. The van der Waals surface area contributed by atoms with Crippen molar-refractivity contribution < 1.29 is 8.78 Å². The van der Waals surface area contributed by atoms with E-state index >= 15 is 0 Å². The van der Waals surface area contributed by atoms with E-state index in [1.165, 1.54) is 18.3 Å². The van der Waals surface area contributed by atoms with Gasteiger partial charge in [-0.1, -0.05) is 6.07 Å². The van der Waals surface area contributed by atoms with Gasteiger partial charge >= 0.3 is 0 Å². The molecule has 0 spiro atoms. The number of aromatic nitrogens is 1. The van der Waals surface area contributed by atoms with Crippen molar-refractivity contribution in [3.8, 4) is 0 Å². The van der Waals surface area contributed by atoms with E-state index in [1.54, 1.807) is 13.0 Å². The van der Waals surface area contributed by atoms with Crippen LogP contribution in [0.15, 0.2) is 28.9 Å². The minimum absolute atomic E-state index is 0.210.